The van der Waals surface area contributed by atoms with E-state index in [2.05, 4.69) is 12.2 Å². The zero-order valence-electron chi connectivity index (χ0n) is 12.6. The summed E-state index contributed by atoms with van der Waals surface area (Å²) in [6.07, 6.45) is 10.8. The molecule has 0 aromatic heterocycles. The predicted molar refractivity (Wildman–Crippen MR) is 77.2 cm³/mol. The molecule has 2 unspecified atom stereocenters. The van der Waals surface area contributed by atoms with Gasteiger partial charge in [-0.15, -0.1) is 0 Å². The summed E-state index contributed by atoms with van der Waals surface area (Å²) >= 11 is 0. The number of esters is 2. The first-order chi connectivity index (χ1) is 9.58. The van der Waals surface area contributed by atoms with Crippen LogP contribution in [0.5, 0.6) is 0 Å². The molecular weight excluding hydrogens is 256 g/mol. The van der Waals surface area contributed by atoms with Gasteiger partial charge in [-0.1, -0.05) is 12.2 Å². The highest BCUT2D eigenvalue weighted by Crippen LogP contribution is 2.15. The molecule has 0 fully saturated rings. The number of hydrogen-bond acceptors (Lipinski definition) is 4. The van der Waals surface area contributed by atoms with Gasteiger partial charge in [0.05, 0.1) is 6.10 Å². The Morgan fingerprint density at radius 1 is 1.20 bits per heavy atom. The van der Waals surface area contributed by atoms with Gasteiger partial charge in [-0.2, -0.15) is 0 Å². The summed E-state index contributed by atoms with van der Waals surface area (Å²) in [6, 6.07) is 0. The molecular formula is C16H26O4. The Labute approximate surface area is 121 Å². The Bertz CT molecular complexity index is 335. The smallest absolute Gasteiger partial charge is 0.306 e. The van der Waals surface area contributed by atoms with E-state index in [0.717, 1.165) is 38.5 Å². The second-order valence-corrected chi connectivity index (χ2v) is 5.40. The van der Waals surface area contributed by atoms with Crippen molar-refractivity contribution in [2.24, 2.45) is 0 Å². The minimum atomic E-state index is -0.284. The van der Waals surface area contributed by atoms with Gasteiger partial charge in [0.15, 0.2) is 0 Å². The second kappa shape index (κ2) is 9.56. The number of hydrogen-bond donors (Lipinski definition) is 0. The van der Waals surface area contributed by atoms with Crippen LogP contribution in [0.2, 0.25) is 0 Å². The molecule has 0 saturated carbocycles. The largest absolute Gasteiger partial charge is 0.463 e. The molecule has 1 rings (SSSR count). The number of allylic oxidation sites excluding steroid dienone is 2. The lowest BCUT2D eigenvalue weighted by Crippen LogP contribution is -2.20. The van der Waals surface area contributed by atoms with Crippen LogP contribution in [-0.4, -0.2) is 24.1 Å². The number of carbonyl (C=O) groups is 2. The van der Waals surface area contributed by atoms with E-state index in [-0.39, 0.29) is 24.1 Å². The number of carbonyl (C=O) groups excluding carboxylic acids is 2. The Balaban J connectivity index is 2.53. The fraction of sp³-hybridized carbons (Fsp3) is 0.750. The Morgan fingerprint density at radius 2 is 1.85 bits per heavy atom. The van der Waals surface area contributed by atoms with E-state index in [9.17, 15) is 9.59 Å². The fourth-order valence-corrected chi connectivity index (χ4v) is 2.34. The summed E-state index contributed by atoms with van der Waals surface area (Å²) < 4.78 is 10.6. The van der Waals surface area contributed by atoms with E-state index >= 15 is 0 Å². The van der Waals surface area contributed by atoms with Gasteiger partial charge in [0.1, 0.15) is 6.10 Å². The first kappa shape index (κ1) is 16.7. The third-order valence-electron chi connectivity index (χ3n) is 3.38. The average molecular weight is 282 g/mol. The summed E-state index contributed by atoms with van der Waals surface area (Å²) in [7, 11) is 0. The van der Waals surface area contributed by atoms with Crippen LogP contribution < -0.4 is 0 Å². The van der Waals surface area contributed by atoms with Crippen LogP contribution in [0.15, 0.2) is 12.2 Å². The Hall–Kier alpha value is -1.32. The first-order valence-corrected chi connectivity index (χ1v) is 7.59. The standard InChI is InChI=1S/C16H26O4/c1-13-9-7-5-3-4-6-8-10-15(20-14(2)17)11-12-16(18)19-13/h3-4,13,15H,5-12H2,1-2H3/b4-3-. The van der Waals surface area contributed by atoms with Crippen molar-refractivity contribution in [1.82, 2.24) is 0 Å². The highest BCUT2D eigenvalue weighted by atomic mass is 16.5. The van der Waals surface area contributed by atoms with Crippen LogP contribution >= 0.6 is 0 Å². The highest BCUT2D eigenvalue weighted by molar-refractivity contribution is 5.69. The predicted octanol–water partition coefficient (Wildman–Crippen LogP) is 3.54. The van der Waals surface area contributed by atoms with Crippen LogP contribution in [0.4, 0.5) is 0 Å². The Morgan fingerprint density at radius 3 is 2.50 bits per heavy atom. The maximum Gasteiger partial charge on any atom is 0.306 e. The van der Waals surface area contributed by atoms with Crippen molar-refractivity contribution in [1.29, 1.82) is 0 Å². The molecule has 0 aromatic rings. The van der Waals surface area contributed by atoms with E-state index in [0.29, 0.717) is 12.8 Å². The fourth-order valence-electron chi connectivity index (χ4n) is 2.34. The molecule has 1 aliphatic rings. The minimum absolute atomic E-state index is 0.0361. The van der Waals surface area contributed by atoms with Crippen LogP contribution in [0, 0.1) is 0 Å². The molecule has 0 spiro atoms. The lowest BCUT2D eigenvalue weighted by Gasteiger charge is -2.18. The second-order valence-electron chi connectivity index (χ2n) is 5.40. The third kappa shape index (κ3) is 7.97. The summed E-state index contributed by atoms with van der Waals surface area (Å²) in [5.41, 5.74) is 0. The van der Waals surface area contributed by atoms with Gasteiger partial charge < -0.3 is 9.47 Å². The van der Waals surface area contributed by atoms with Gasteiger partial charge in [0.2, 0.25) is 0 Å². The van der Waals surface area contributed by atoms with Gasteiger partial charge in [-0.25, -0.2) is 0 Å². The quantitative estimate of drug-likeness (QED) is 0.545. The zero-order chi connectivity index (χ0) is 14.8. The monoisotopic (exact) mass is 282 g/mol. The van der Waals surface area contributed by atoms with Crippen molar-refractivity contribution in [2.75, 3.05) is 0 Å². The van der Waals surface area contributed by atoms with Gasteiger partial charge in [0.25, 0.3) is 0 Å². The molecule has 0 aromatic carbocycles. The molecule has 114 valence electrons. The maximum absolute atomic E-state index is 11.7. The lowest BCUT2D eigenvalue weighted by atomic mass is 10.1. The molecule has 20 heavy (non-hydrogen) atoms. The van der Waals surface area contributed by atoms with Crippen molar-refractivity contribution < 1.29 is 19.1 Å². The summed E-state index contributed by atoms with van der Waals surface area (Å²) in [5, 5.41) is 0. The molecule has 0 radical (unpaired) electrons. The normalized spacial score (nSPS) is 28.0. The zero-order valence-corrected chi connectivity index (χ0v) is 12.6. The van der Waals surface area contributed by atoms with E-state index < -0.39 is 0 Å². The molecule has 0 aliphatic carbocycles. The first-order valence-electron chi connectivity index (χ1n) is 7.59. The van der Waals surface area contributed by atoms with Crippen molar-refractivity contribution >= 4 is 11.9 Å². The van der Waals surface area contributed by atoms with E-state index in [1.807, 2.05) is 6.92 Å². The summed E-state index contributed by atoms with van der Waals surface area (Å²) in [5.74, 6) is -0.476. The molecule has 4 heteroatoms. The molecule has 1 aliphatic heterocycles. The average Bonchev–Trinajstić information content (AvgIpc) is 2.37. The molecule has 4 nitrogen and oxygen atoms in total. The molecule has 2 atom stereocenters. The SMILES string of the molecule is CC(=O)OC1CCC/C=C\CCCC(C)OC(=O)CC1. The molecule has 1 heterocycles. The van der Waals surface area contributed by atoms with Crippen molar-refractivity contribution in [3.8, 4) is 0 Å². The number of rotatable bonds is 1. The molecule has 0 bridgehead atoms. The van der Waals surface area contributed by atoms with Crippen molar-refractivity contribution in [3.05, 3.63) is 12.2 Å². The molecule has 0 saturated heterocycles. The van der Waals surface area contributed by atoms with Crippen LogP contribution in [0.25, 0.3) is 0 Å². The van der Waals surface area contributed by atoms with Crippen LogP contribution in [0.3, 0.4) is 0 Å². The topological polar surface area (TPSA) is 52.6 Å². The van der Waals surface area contributed by atoms with E-state index in [1.165, 1.54) is 6.92 Å². The van der Waals surface area contributed by atoms with Crippen molar-refractivity contribution in [3.63, 3.8) is 0 Å². The molecule has 0 N–H and O–H groups in total. The van der Waals surface area contributed by atoms with Gasteiger partial charge in [-0.3, -0.25) is 9.59 Å². The number of cyclic esters (lactones) is 1. The van der Waals surface area contributed by atoms with Gasteiger partial charge in [0, 0.05) is 13.3 Å². The van der Waals surface area contributed by atoms with Crippen LogP contribution in [0.1, 0.15) is 65.2 Å². The van der Waals surface area contributed by atoms with Gasteiger partial charge in [-0.05, 0) is 51.9 Å². The van der Waals surface area contributed by atoms with Gasteiger partial charge >= 0.3 is 11.9 Å². The molecule has 0 amide bonds. The maximum atomic E-state index is 11.7. The van der Waals surface area contributed by atoms with Crippen molar-refractivity contribution in [2.45, 2.75) is 77.4 Å². The number of ether oxygens (including phenoxy) is 2. The summed E-state index contributed by atoms with van der Waals surface area (Å²) in [6.45, 7) is 3.34. The third-order valence-corrected chi connectivity index (χ3v) is 3.38. The lowest BCUT2D eigenvalue weighted by molar-refractivity contribution is -0.153. The summed E-state index contributed by atoms with van der Waals surface area (Å²) in [4.78, 5) is 22.8. The van der Waals surface area contributed by atoms with E-state index in [1.54, 1.807) is 0 Å². The van der Waals surface area contributed by atoms with E-state index in [4.69, 9.17) is 9.47 Å². The van der Waals surface area contributed by atoms with Crippen LogP contribution in [-0.2, 0) is 19.1 Å². The Kier molecular flexibility index (Phi) is 8.00. The highest BCUT2D eigenvalue weighted by Gasteiger charge is 2.16. The minimum Gasteiger partial charge on any atom is -0.463 e.